The largest absolute Gasteiger partial charge is 0.383 e. The standard InChI is InChI=1S/C14H29NO2/c1-5-15-13(9-16-4)10-17-14-7-6-11(2)12(3)8-14/h11-15H,5-10H2,1-4H3. The normalized spacial score (nSPS) is 31.4. The average Bonchev–Trinajstić information content (AvgIpc) is 2.31. The van der Waals surface area contributed by atoms with E-state index in [1.54, 1.807) is 7.11 Å². The number of methoxy groups -OCH3 is 1. The van der Waals surface area contributed by atoms with Crippen LogP contribution in [0.5, 0.6) is 0 Å². The van der Waals surface area contributed by atoms with E-state index in [2.05, 4.69) is 26.1 Å². The molecule has 0 aliphatic heterocycles. The summed E-state index contributed by atoms with van der Waals surface area (Å²) in [6.07, 6.45) is 4.20. The Kier molecular flexibility index (Phi) is 7.09. The van der Waals surface area contributed by atoms with E-state index in [1.165, 1.54) is 19.3 Å². The van der Waals surface area contributed by atoms with Crippen molar-refractivity contribution in [1.82, 2.24) is 5.32 Å². The molecule has 17 heavy (non-hydrogen) atoms. The van der Waals surface area contributed by atoms with Crippen LogP contribution < -0.4 is 5.32 Å². The summed E-state index contributed by atoms with van der Waals surface area (Å²) in [5.41, 5.74) is 0. The number of hydrogen-bond donors (Lipinski definition) is 1. The van der Waals surface area contributed by atoms with Crippen LogP contribution in [0.2, 0.25) is 0 Å². The zero-order chi connectivity index (χ0) is 12.7. The maximum absolute atomic E-state index is 6.03. The van der Waals surface area contributed by atoms with Crippen LogP contribution in [0.15, 0.2) is 0 Å². The Morgan fingerprint density at radius 3 is 2.53 bits per heavy atom. The van der Waals surface area contributed by atoms with Crippen molar-refractivity contribution in [1.29, 1.82) is 0 Å². The van der Waals surface area contributed by atoms with Gasteiger partial charge in [0.05, 0.1) is 25.4 Å². The number of nitrogens with one attached hydrogen (secondary N) is 1. The molecule has 0 aromatic heterocycles. The van der Waals surface area contributed by atoms with E-state index >= 15 is 0 Å². The predicted octanol–water partition coefficient (Wildman–Crippen LogP) is 2.45. The molecule has 1 aliphatic carbocycles. The Hall–Kier alpha value is -0.120. The highest BCUT2D eigenvalue weighted by molar-refractivity contribution is 4.76. The molecule has 1 rings (SSSR count). The van der Waals surface area contributed by atoms with Gasteiger partial charge in [-0.15, -0.1) is 0 Å². The molecule has 102 valence electrons. The molecule has 0 aromatic carbocycles. The first-order valence-electron chi connectivity index (χ1n) is 7.01. The second kappa shape index (κ2) is 8.06. The number of rotatable bonds is 7. The molecule has 0 heterocycles. The zero-order valence-corrected chi connectivity index (χ0v) is 11.9. The lowest BCUT2D eigenvalue weighted by atomic mass is 9.80. The van der Waals surface area contributed by atoms with Crippen LogP contribution in [0.25, 0.3) is 0 Å². The monoisotopic (exact) mass is 243 g/mol. The van der Waals surface area contributed by atoms with Gasteiger partial charge in [-0.3, -0.25) is 0 Å². The van der Waals surface area contributed by atoms with E-state index in [0.29, 0.717) is 12.1 Å². The molecule has 3 heteroatoms. The summed E-state index contributed by atoms with van der Waals surface area (Å²) in [6, 6.07) is 0.333. The van der Waals surface area contributed by atoms with Crippen molar-refractivity contribution in [3.63, 3.8) is 0 Å². The molecule has 0 aromatic rings. The molecule has 1 fully saturated rings. The Morgan fingerprint density at radius 2 is 1.94 bits per heavy atom. The van der Waals surface area contributed by atoms with Crippen LogP contribution in [-0.2, 0) is 9.47 Å². The van der Waals surface area contributed by atoms with Crippen LogP contribution in [-0.4, -0.2) is 39.0 Å². The van der Waals surface area contributed by atoms with Gasteiger partial charge in [-0.1, -0.05) is 20.8 Å². The molecule has 0 spiro atoms. The molecule has 1 aliphatic rings. The van der Waals surface area contributed by atoms with Crippen LogP contribution in [0.4, 0.5) is 0 Å². The lowest BCUT2D eigenvalue weighted by Crippen LogP contribution is -2.39. The van der Waals surface area contributed by atoms with Gasteiger partial charge in [-0.05, 0) is 37.6 Å². The van der Waals surface area contributed by atoms with Gasteiger partial charge in [0.15, 0.2) is 0 Å². The highest BCUT2D eigenvalue weighted by Crippen LogP contribution is 2.30. The van der Waals surface area contributed by atoms with E-state index < -0.39 is 0 Å². The molecule has 4 atom stereocenters. The first-order chi connectivity index (χ1) is 8.17. The first-order valence-corrected chi connectivity index (χ1v) is 7.01. The van der Waals surface area contributed by atoms with Gasteiger partial charge in [0.1, 0.15) is 0 Å². The minimum Gasteiger partial charge on any atom is -0.383 e. The molecule has 4 unspecified atom stereocenters. The van der Waals surface area contributed by atoms with Crippen molar-refractivity contribution in [2.24, 2.45) is 11.8 Å². The van der Waals surface area contributed by atoms with Crippen LogP contribution in [0.3, 0.4) is 0 Å². The maximum Gasteiger partial charge on any atom is 0.0645 e. The van der Waals surface area contributed by atoms with Crippen molar-refractivity contribution in [3.05, 3.63) is 0 Å². The van der Waals surface area contributed by atoms with Crippen molar-refractivity contribution in [3.8, 4) is 0 Å². The molecule has 0 amide bonds. The molecule has 3 nitrogen and oxygen atoms in total. The van der Waals surface area contributed by atoms with Crippen LogP contribution in [0, 0.1) is 11.8 Å². The second-order valence-electron chi connectivity index (χ2n) is 5.43. The fraction of sp³-hybridized carbons (Fsp3) is 1.00. The number of likely N-dealkylation sites (N-methyl/N-ethyl adjacent to an activating group) is 1. The van der Waals surface area contributed by atoms with E-state index in [4.69, 9.17) is 9.47 Å². The summed E-state index contributed by atoms with van der Waals surface area (Å²) in [7, 11) is 1.74. The van der Waals surface area contributed by atoms with E-state index in [-0.39, 0.29) is 0 Å². The third-order valence-corrected chi connectivity index (χ3v) is 3.94. The maximum atomic E-state index is 6.03. The molecule has 0 saturated heterocycles. The summed E-state index contributed by atoms with van der Waals surface area (Å²) in [5, 5.41) is 3.39. The Balaban J connectivity index is 2.24. The van der Waals surface area contributed by atoms with Crippen LogP contribution >= 0.6 is 0 Å². The fourth-order valence-corrected chi connectivity index (χ4v) is 2.56. The topological polar surface area (TPSA) is 30.5 Å². The van der Waals surface area contributed by atoms with Crippen molar-refractivity contribution < 1.29 is 9.47 Å². The third kappa shape index (κ3) is 5.36. The van der Waals surface area contributed by atoms with E-state index in [1.807, 2.05) is 0 Å². The lowest BCUT2D eigenvalue weighted by molar-refractivity contribution is -0.0163. The summed E-state index contributed by atoms with van der Waals surface area (Å²) in [5.74, 6) is 1.66. The first kappa shape index (κ1) is 14.9. The Morgan fingerprint density at radius 1 is 1.18 bits per heavy atom. The van der Waals surface area contributed by atoms with Crippen molar-refractivity contribution in [2.75, 3.05) is 26.9 Å². The number of hydrogen-bond acceptors (Lipinski definition) is 3. The van der Waals surface area contributed by atoms with E-state index in [9.17, 15) is 0 Å². The third-order valence-electron chi connectivity index (χ3n) is 3.94. The highest BCUT2D eigenvalue weighted by Gasteiger charge is 2.25. The van der Waals surface area contributed by atoms with Gasteiger partial charge in [-0.25, -0.2) is 0 Å². The van der Waals surface area contributed by atoms with Gasteiger partial charge in [0.2, 0.25) is 0 Å². The van der Waals surface area contributed by atoms with Crippen LogP contribution in [0.1, 0.15) is 40.0 Å². The summed E-state index contributed by atoms with van der Waals surface area (Å²) in [6.45, 7) is 9.28. The van der Waals surface area contributed by atoms with Gasteiger partial charge in [-0.2, -0.15) is 0 Å². The highest BCUT2D eigenvalue weighted by atomic mass is 16.5. The Bertz CT molecular complexity index is 193. The minimum atomic E-state index is 0.333. The molecule has 0 radical (unpaired) electrons. The van der Waals surface area contributed by atoms with Crippen molar-refractivity contribution in [2.45, 2.75) is 52.2 Å². The van der Waals surface area contributed by atoms with E-state index in [0.717, 1.165) is 31.6 Å². The molecular weight excluding hydrogens is 214 g/mol. The minimum absolute atomic E-state index is 0.333. The van der Waals surface area contributed by atoms with Gasteiger partial charge >= 0.3 is 0 Å². The molecule has 1 saturated carbocycles. The second-order valence-corrected chi connectivity index (χ2v) is 5.43. The Labute approximate surface area is 106 Å². The van der Waals surface area contributed by atoms with Crippen molar-refractivity contribution >= 4 is 0 Å². The van der Waals surface area contributed by atoms with Gasteiger partial charge in [0.25, 0.3) is 0 Å². The predicted molar refractivity (Wildman–Crippen MR) is 71.3 cm³/mol. The smallest absolute Gasteiger partial charge is 0.0645 e. The van der Waals surface area contributed by atoms with Gasteiger partial charge < -0.3 is 14.8 Å². The summed E-state index contributed by atoms with van der Waals surface area (Å²) in [4.78, 5) is 0. The molecule has 1 N–H and O–H groups in total. The number of ether oxygens (including phenoxy) is 2. The van der Waals surface area contributed by atoms with Gasteiger partial charge in [0, 0.05) is 7.11 Å². The average molecular weight is 243 g/mol. The molecule has 0 bridgehead atoms. The summed E-state index contributed by atoms with van der Waals surface area (Å²) >= 11 is 0. The summed E-state index contributed by atoms with van der Waals surface area (Å²) < 4.78 is 11.2. The SMILES string of the molecule is CCNC(COC)COC1CCC(C)C(C)C1. The molecular formula is C14H29NO2. The fourth-order valence-electron chi connectivity index (χ4n) is 2.56. The quantitative estimate of drug-likeness (QED) is 0.745. The lowest BCUT2D eigenvalue weighted by Gasteiger charge is -2.32. The zero-order valence-electron chi connectivity index (χ0n) is 11.9.